The van der Waals surface area contributed by atoms with Gasteiger partial charge in [-0.2, -0.15) is 0 Å². The minimum Gasteiger partial charge on any atom is -0.508 e. The lowest BCUT2D eigenvalue weighted by Crippen LogP contribution is -2.03. The summed E-state index contributed by atoms with van der Waals surface area (Å²) in [5.74, 6) is -1.44. The van der Waals surface area contributed by atoms with Crippen molar-refractivity contribution in [2.75, 3.05) is 0 Å². The van der Waals surface area contributed by atoms with Crippen LogP contribution in [0.15, 0.2) is 35.8 Å². The lowest BCUT2D eigenvalue weighted by atomic mass is 9.98. The van der Waals surface area contributed by atoms with Crippen LogP contribution in [0.4, 0.5) is 0 Å². The van der Waals surface area contributed by atoms with Crippen LogP contribution in [0.1, 0.15) is 6.42 Å². The predicted molar refractivity (Wildman–Crippen MR) is 46.3 cm³/mol. The summed E-state index contributed by atoms with van der Waals surface area (Å²) in [5, 5.41) is 26.4. The molecule has 0 radical (unpaired) electrons. The zero-order chi connectivity index (χ0) is 9.84. The molecule has 0 heterocycles. The second-order valence-electron chi connectivity index (χ2n) is 2.76. The third kappa shape index (κ3) is 2.66. The molecule has 0 saturated heterocycles. The van der Waals surface area contributed by atoms with E-state index in [1.807, 2.05) is 0 Å². The highest BCUT2D eigenvalue weighted by molar-refractivity contribution is 5.79. The average Bonchev–Trinajstić information content (AvgIpc) is 2.07. The van der Waals surface area contributed by atoms with Crippen molar-refractivity contribution < 1.29 is 20.1 Å². The Hall–Kier alpha value is -1.71. The van der Waals surface area contributed by atoms with Gasteiger partial charge in [0.15, 0.2) is 5.76 Å². The van der Waals surface area contributed by atoms with E-state index in [0.717, 1.165) is 6.08 Å². The Morgan fingerprint density at radius 2 is 2.23 bits per heavy atom. The molecular weight excluding hydrogens is 172 g/mol. The lowest BCUT2D eigenvalue weighted by molar-refractivity contribution is -0.131. The van der Waals surface area contributed by atoms with Crippen LogP contribution in [0.2, 0.25) is 0 Å². The van der Waals surface area contributed by atoms with Crippen LogP contribution in [-0.2, 0) is 4.79 Å². The second kappa shape index (κ2) is 3.80. The lowest BCUT2D eigenvalue weighted by Gasteiger charge is -2.12. The van der Waals surface area contributed by atoms with E-state index in [4.69, 9.17) is 15.3 Å². The molecule has 0 aliphatic heterocycles. The van der Waals surface area contributed by atoms with Crippen molar-refractivity contribution in [2.24, 2.45) is 5.92 Å². The molecule has 0 unspecified atom stereocenters. The largest absolute Gasteiger partial charge is 0.508 e. The summed E-state index contributed by atoms with van der Waals surface area (Å²) >= 11 is 0. The van der Waals surface area contributed by atoms with Crippen molar-refractivity contribution in [1.29, 1.82) is 0 Å². The van der Waals surface area contributed by atoms with Crippen LogP contribution in [0, 0.1) is 5.92 Å². The molecular formula is C9H10O4. The molecule has 0 amide bonds. The maximum atomic E-state index is 10.2. The van der Waals surface area contributed by atoms with E-state index >= 15 is 0 Å². The number of rotatable bonds is 2. The molecule has 1 rings (SSSR count). The number of aliphatic carboxylic acids is 1. The number of aliphatic hydroxyl groups excluding tert-OH is 2. The van der Waals surface area contributed by atoms with Crippen LogP contribution < -0.4 is 0 Å². The number of carboxylic acid groups (broad SMARTS) is 1. The second-order valence-corrected chi connectivity index (χ2v) is 2.76. The Kier molecular flexibility index (Phi) is 2.74. The highest BCUT2D eigenvalue weighted by atomic mass is 16.4. The van der Waals surface area contributed by atoms with Gasteiger partial charge in [0.25, 0.3) is 0 Å². The molecule has 0 spiro atoms. The summed E-state index contributed by atoms with van der Waals surface area (Å²) in [6.07, 6.45) is 5.71. The smallest absolute Gasteiger partial charge is 0.327 e. The van der Waals surface area contributed by atoms with Gasteiger partial charge >= 0.3 is 5.97 Å². The van der Waals surface area contributed by atoms with Crippen molar-refractivity contribution in [3.63, 3.8) is 0 Å². The van der Waals surface area contributed by atoms with Crippen molar-refractivity contribution in [1.82, 2.24) is 0 Å². The normalized spacial score (nSPS) is 22.6. The summed E-state index contributed by atoms with van der Waals surface area (Å²) in [6.45, 7) is 0. The molecule has 70 valence electrons. The molecule has 0 fully saturated rings. The number of hydrogen-bond acceptors (Lipinski definition) is 3. The quantitative estimate of drug-likeness (QED) is 0.566. The molecule has 0 aromatic rings. The number of allylic oxidation sites excluding steroid dienone is 4. The molecule has 0 aromatic heterocycles. The highest BCUT2D eigenvalue weighted by Gasteiger charge is 2.12. The molecule has 13 heavy (non-hydrogen) atoms. The van der Waals surface area contributed by atoms with Crippen molar-refractivity contribution in [2.45, 2.75) is 6.42 Å². The number of aliphatic hydroxyl groups is 2. The summed E-state index contributed by atoms with van der Waals surface area (Å²) in [5.41, 5.74) is 0. The van der Waals surface area contributed by atoms with Gasteiger partial charge in [0.05, 0.1) is 0 Å². The topological polar surface area (TPSA) is 77.8 Å². The maximum Gasteiger partial charge on any atom is 0.327 e. The van der Waals surface area contributed by atoms with Gasteiger partial charge in [-0.05, 0) is 6.08 Å². The van der Waals surface area contributed by atoms with Gasteiger partial charge in [0.1, 0.15) is 5.76 Å². The fraction of sp³-hybridized carbons (Fsp3) is 0.222. The molecule has 0 aromatic carbocycles. The Morgan fingerprint density at radius 1 is 1.54 bits per heavy atom. The van der Waals surface area contributed by atoms with E-state index in [0.29, 0.717) is 0 Å². The third-order valence-corrected chi connectivity index (χ3v) is 1.71. The number of hydrogen-bond donors (Lipinski definition) is 3. The average molecular weight is 182 g/mol. The van der Waals surface area contributed by atoms with Gasteiger partial charge in [-0.15, -0.1) is 0 Å². The molecule has 1 aliphatic rings. The van der Waals surface area contributed by atoms with Crippen molar-refractivity contribution in [3.05, 3.63) is 35.8 Å². The Morgan fingerprint density at radius 3 is 2.77 bits per heavy atom. The molecule has 1 atom stereocenters. The Balaban J connectivity index is 2.61. The van der Waals surface area contributed by atoms with Crippen LogP contribution in [0.3, 0.4) is 0 Å². The molecule has 1 aliphatic carbocycles. The summed E-state index contributed by atoms with van der Waals surface area (Å²) in [7, 11) is 0. The highest BCUT2D eigenvalue weighted by Crippen LogP contribution is 2.21. The molecule has 0 bridgehead atoms. The van der Waals surface area contributed by atoms with E-state index in [2.05, 4.69) is 0 Å². The summed E-state index contributed by atoms with van der Waals surface area (Å²) in [6, 6.07) is 0. The van der Waals surface area contributed by atoms with Crippen LogP contribution >= 0.6 is 0 Å². The van der Waals surface area contributed by atoms with Gasteiger partial charge in [0, 0.05) is 18.4 Å². The third-order valence-electron chi connectivity index (χ3n) is 1.71. The first-order valence-corrected chi connectivity index (χ1v) is 3.80. The number of carbonyl (C=O) groups is 1. The van der Waals surface area contributed by atoms with E-state index in [1.54, 1.807) is 6.08 Å². The number of carboxylic acids is 1. The Bertz CT molecular complexity index is 297. The maximum absolute atomic E-state index is 10.2. The first kappa shape index (κ1) is 9.38. The van der Waals surface area contributed by atoms with Crippen LogP contribution in [0.25, 0.3) is 0 Å². The first-order chi connectivity index (χ1) is 6.09. The SMILES string of the molecule is O=C(O)/C=C/[C@@H]1C=CC(O)=C(O)C1. The van der Waals surface area contributed by atoms with Crippen LogP contribution in [0.5, 0.6) is 0 Å². The zero-order valence-electron chi connectivity index (χ0n) is 6.84. The fourth-order valence-electron chi connectivity index (χ4n) is 1.04. The molecule has 0 saturated carbocycles. The van der Waals surface area contributed by atoms with Gasteiger partial charge in [-0.1, -0.05) is 12.2 Å². The minimum absolute atomic E-state index is 0.109. The first-order valence-electron chi connectivity index (χ1n) is 3.80. The van der Waals surface area contributed by atoms with Gasteiger partial charge in [-0.25, -0.2) is 4.79 Å². The standard InChI is InChI=1S/C9H10O4/c10-7-3-1-6(5-8(7)11)2-4-9(12)13/h1-4,6,10-11H,5H2,(H,12,13)/b4-2+/t6-/m0/s1. The molecule has 3 N–H and O–H groups in total. The van der Waals surface area contributed by atoms with Gasteiger partial charge in [0.2, 0.25) is 0 Å². The van der Waals surface area contributed by atoms with Gasteiger partial charge in [-0.3, -0.25) is 0 Å². The van der Waals surface area contributed by atoms with Crippen molar-refractivity contribution >= 4 is 5.97 Å². The van der Waals surface area contributed by atoms with E-state index in [1.165, 1.54) is 12.2 Å². The van der Waals surface area contributed by atoms with Gasteiger partial charge < -0.3 is 15.3 Å². The summed E-state index contributed by atoms with van der Waals surface area (Å²) in [4.78, 5) is 10.2. The summed E-state index contributed by atoms with van der Waals surface area (Å²) < 4.78 is 0. The van der Waals surface area contributed by atoms with E-state index in [9.17, 15) is 4.79 Å². The van der Waals surface area contributed by atoms with E-state index in [-0.39, 0.29) is 23.9 Å². The van der Waals surface area contributed by atoms with Crippen molar-refractivity contribution in [3.8, 4) is 0 Å². The Labute approximate surface area is 75.1 Å². The monoisotopic (exact) mass is 182 g/mol. The fourth-order valence-corrected chi connectivity index (χ4v) is 1.04. The minimum atomic E-state index is -1.02. The van der Waals surface area contributed by atoms with Crippen LogP contribution in [-0.4, -0.2) is 21.3 Å². The van der Waals surface area contributed by atoms with E-state index < -0.39 is 5.97 Å². The molecule has 4 nitrogen and oxygen atoms in total. The molecule has 4 heteroatoms. The zero-order valence-corrected chi connectivity index (χ0v) is 6.84. The predicted octanol–water partition coefficient (Wildman–Crippen LogP) is 1.53.